The molecule has 1 N–H and O–H groups in total. The summed E-state index contributed by atoms with van der Waals surface area (Å²) < 4.78 is 11.2. The molecule has 0 aromatic heterocycles. The van der Waals surface area contributed by atoms with Crippen LogP contribution in [0.5, 0.6) is 5.75 Å². The number of morpholine rings is 1. The Morgan fingerprint density at radius 3 is 2.63 bits per heavy atom. The first-order valence-electron chi connectivity index (χ1n) is 9.76. The predicted molar refractivity (Wildman–Crippen MR) is 107 cm³/mol. The lowest BCUT2D eigenvalue weighted by Gasteiger charge is -2.28. The van der Waals surface area contributed by atoms with Crippen molar-refractivity contribution in [1.82, 2.24) is 0 Å². The Hall–Kier alpha value is -2.53. The van der Waals surface area contributed by atoms with Crippen molar-refractivity contribution >= 4 is 17.3 Å². The molecule has 0 spiro atoms. The van der Waals surface area contributed by atoms with Gasteiger partial charge in [0.25, 0.3) is 5.91 Å². The smallest absolute Gasteiger partial charge is 0.262 e. The van der Waals surface area contributed by atoms with Crippen molar-refractivity contribution < 1.29 is 14.3 Å². The highest BCUT2D eigenvalue weighted by molar-refractivity contribution is 5.92. The maximum absolute atomic E-state index is 12.3. The van der Waals surface area contributed by atoms with Gasteiger partial charge in [-0.25, -0.2) is 0 Å². The summed E-state index contributed by atoms with van der Waals surface area (Å²) in [5.41, 5.74) is 4.57. The molecule has 0 bridgehead atoms. The van der Waals surface area contributed by atoms with Gasteiger partial charge in [-0.2, -0.15) is 0 Å². The Morgan fingerprint density at radius 2 is 1.81 bits per heavy atom. The number of aryl methyl sites for hydroxylation is 1. The van der Waals surface area contributed by atoms with Gasteiger partial charge >= 0.3 is 0 Å². The molecule has 1 amide bonds. The van der Waals surface area contributed by atoms with E-state index >= 15 is 0 Å². The third kappa shape index (κ3) is 4.42. The standard InChI is InChI=1S/C22H26N2O3/c25-22(16-27-21-7-3-5-17-4-1-2-6-20(17)21)23-18-8-10-19(11-9-18)24-12-14-26-15-13-24/h3,5,7-11H,1-2,4,6,12-16H2,(H,23,25). The van der Waals surface area contributed by atoms with Gasteiger partial charge < -0.3 is 19.7 Å². The molecule has 142 valence electrons. The average Bonchev–Trinajstić information content (AvgIpc) is 2.73. The van der Waals surface area contributed by atoms with E-state index in [4.69, 9.17) is 9.47 Å². The zero-order valence-electron chi connectivity index (χ0n) is 15.6. The Labute approximate surface area is 160 Å². The molecule has 4 rings (SSSR count). The second-order valence-corrected chi connectivity index (χ2v) is 7.08. The lowest BCUT2D eigenvalue weighted by molar-refractivity contribution is -0.118. The number of carbonyl (C=O) groups is 1. The average molecular weight is 366 g/mol. The van der Waals surface area contributed by atoms with Gasteiger partial charge in [0.1, 0.15) is 5.75 Å². The van der Waals surface area contributed by atoms with E-state index in [2.05, 4.69) is 16.3 Å². The monoisotopic (exact) mass is 366 g/mol. The SMILES string of the molecule is O=C(COc1cccc2c1CCCC2)Nc1ccc(N2CCOCC2)cc1. The first-order chi connectivity index (χ1) is 13.3. The second-order valence-electron chi connectivity index (χ2n) is 7.08. The zero-order valence-corrected chi connectivity index (χ0v) is 15.6. The highest BCUT2D eigenvalue weighted by Gasteiger charge is 2.15. The van der Waals surface area contributed by atoms with Crippen LogP contribution in [-0.2, 0) is 22.4 Å². The van der Waals surface area contributed by atoms with Gasteiger partial charge in [-0.1, -0.05) is 12.1 Å². The van der Waals surface area contributed by atoms with E-state index in [1.54, 1.807) is 0 Å². The highest BCUT2D eigenvalue weighted by Crippen LogP contribution is 2.29. The summed E-state index contributed by atoms with van der Waals surface area (Å²) in [7, 11) is 0. The largest absolute Gasteiger partial charge is 0.483 e. The fourth-order valence-corrected chi connectivity index (χ4v) is 3.80. The van der Waals surface area contributed by atoms with Crippen molar-refractivity contribution in [2.75, 3.05) is 43.1 Å². The first-order valence-corrected chi connectivity index (χ1v) is 9.76. The molecule has 1 aliphatic heterocycles. The van der Waals surface area contributed by atoms with Crippen LogP contribution in [0.3, 0.4) is 0 Å². The molecule has 0 saturated carbocycles. The van der Waals surface area contributed by atoms with Gasteiger partial charge in [0, 0.05) is 24.5 Å². The normalized spacial score (nSPS) is 16.5. The molecule has 2 aliphatic rings. The molecule has 2 aromatic rings. The van der Waals surface area contributed by atoms with Crippen LogP contribution in [0, 0.1) is 0 Å². The second kappa shape index (κ2) is 8.44. The minimum atomic E-state index is -0.137. The minimum absolute atomic E-state index is 0.0294. The number of ether oxygens (including phenoxy) is 2. The highest BCUT2D eigenvalue weighted by atomic mass is 16.5. The van der Waals surface area contributed by atoms with E-state index in [1.807, 2.05) is 36.4 Å². The van der Waals surface area contributed by atoms with Crippen molar-refractivity contribution in [2.24, 2.45) is 0 Å². The van der Waals surface area contributed by atoms with Crippen LogP contribution in [0.2, 0.25) is 0 Å². The summed E-state index contributed by atoms with van der Waals surface area (Å²) >= 11 is 0. The number of hydrogen-bond acceptors (Lipinski definition) is 4. The van der Waals surface area contributed by atoms with Gasteiger partial charge in [-0.05, 0) is 67.1 Å². The summed E-state index contributed by atoms with van der Waals surface area (Å²) in [6.45, 7) is 3.36. The number of carbonyl (C=O) groups excluding carboxylic acids is 1. The number of nitrogens with one attached hydrogen (secondary N) is 1. The van der Waals surface area contributed by atoms with Crippen LogP contribution in [0.15, 0.2) is 42.5 Å². The summed E-state index contributed by atoms with van der Waals surface area (Å²) in [6, 6.07) is 14.1. The van der Waals surface area contributed by atoms with Gasteiger partial charge in [-0.15, -0.1) is 0 Å². The van der Waals surface area contributed by atoms with Gasteiger partial charge in [0.05, 0.1) is 13.2 Å². The minimum Gasteiger partial charge on any atom is -0.483 e. The summed E-state index contributed by atoms with van der Waals surface area (Å²) in [5.74, 6) is 0.715. The van der Waals surface area contributed by atoms with E-state index < -0.39 is 0 Å². The van der Waals surface area contributed by atoms with Gasteiger partial charge in [-0.3, -0.25) is 4.79 Å². The van der Waals surface area contributed by atoms with Crippen LogP contribution < -0.4 is 15.0 Å². The molecule has 0 unspecified atom stereocenters. The molecule has 1 aliphatic carbocycles. The quantitative estimate of drug-likeness (QED) is 0.881. The first kappa shape index (κ1) is 17.9. The van der Waals surface area contributed by atoms with Crippen molar-refractivity contribution in [3.8, 4) is 5.75 Å². The number of rotatable bonds is 5. The van der Waals surface area contributed by atoms with Gasteiger partial charge in [0.15, 0.2) is 6.61 Å². The molecule has 1 saturated heterocycles. The van der Waals surface area contributed by atoms with E-state index in [-0.39, 0.29) is 12.5 Å². The zero-order chi connectivity index (χ0) is 18.5. The van der Waals surface area contributed by atoms with Gasteiger partial charge in [0.2, 0.25) is 0 Å². The molecule has 5 heteroatoms. The number of anilines is 2. The lowest BCUT2D eigenvalue weighted by atomic mass is 9.91. The van der Waals surface area contributed by atoms with Crippen molar-refractivity contribution in [3.63, 3.8) is 0 Å². The molecule has 1 heterocycles. The Morgan fingerprint density at radius 1 is 1.04 bits per heavy atom. The Bertz CT molecular complexity index is 783. The maximum atomic E-state index is 12.3. The topological polar surface area (TPSA) is 50.8 Å². The van der Waals surface area contributed by atoms with Crippen LogP contribution in [-0.4, -0.2) is 38.8 Å². The molecular weight excluding hydrogens is 340 g/mol. The van der Waals surface area contributed by atoms with Crippen LogP contribution in [0.25, 0.3) is 0 Å². The lowest BCUT2D eigenvalue weighted by Crippen LogP contribution is -2.36. The van der Waals surface area contributed by atoms with Crippen molar-refractivity contribution in [3.05, 3.63) is 53.6 Å². The van der Waals surface area contributed by atoms with E-state index in [9.17, 15) is 4.79 Å². The number of hydrogen-bond donors (Lipinski definition) is 1. The molecule has 0 atom stereocenters. The number of fused-ring (bicyclic) bond motifs is 1. The number of benzene rings is 2. The fourth-order valence-electron chi connectivity index (χ4n) is 3.80. The molecule has 5 nitrogen and oxygen atoms in total. The Kier molecular flexibility index (Phi) is 5.58. The molecule has 1 fully saturated rings. The maximum Gasteiger partial charge on any atom is 0.262 e. The Balaban J connectivity index is 1.32. The summed E-state index contributed by atoms with van der Waals surface area (Å²) in [6.07, 6.45) is 4.57. The van der Waals surface area contributed by atoms with Crippen molar-refractivity contribution in [1.29, 1.82) is 0 Å². The third-order valence-electron chi connectivity index (χ3n) is 5.24. The van der Waals surface area contributed by atoms with E-state index in [0.29, 0.717) is 0 Å². The van der Waals surface area contributed by atoms with Crippen molar-refractivity contribution in [2.45, 2.75) is 25.7 Å². The van der Waals surface area contributed by atoms with Crippen LogP contribution >= 0.6 is 0 Å². The molecule has 0 radical (unpaired) electrons. The summed E-state index contributed by atoms with van der Waals surface area (Å²) in [5, 5.41) is 2.92. The predicted octanol–water partition coefficient (Wildman–Crippen LogP) is 3.42. The van der Waals surface area contributed by atoms with E-state index in [1.165, 1.54) is 24.0 Å². The van der Waals surface area contributed by atoms with Crippen LogP contribution in [0.1, 0.15) is 24.0 Å². The molecule has 27 heavy (non-hydrogen) atoms. The fraction of sp³-hybridized carbons (Fsp3) is 0.409. The molecular formula is C22H26N2O3. The number of nitrogens with zero attached hydrogens (tertiary/aromatic N) is 1. The van der Waals surface area contributed by atoms with Crippen LogP contribution in [0.4, 0.5) is 11.4 Å². The third-order valence-corrected chi connectivity index (χ3v) is 5.24. The summed E-state index contributed by atoms with van der Waals surface area (Å²) in [4.78, 5) is 14.6. The molecule has 2 aromatic carbocycles. The van der Waals surface area contributed by atoms with E-state index in [0.717, 1.165) is 56.3 Å². The number of amides is 1.